The number of amides is 2. The van der Waals surface area contributed by atoms with Gasteiger partial charge in [-0.05, 0) is 32.4 Å². The summed E-state index contributed by atoms with van der Waals surface area (Å²) in [5, 5.41) is 7.36. The summed E-state index contributed by atoms with van der Waals surface area (Å²) in [5.41, 5.74) is 0.462. The second-order valence-electron chi connectivity index (χ2n) is 5.70. The van der Waals surface area contributed by atoms with Crippen LogP contribution in [-0.4, -0.2) is 46.1 Å². The minimum atomic E-state index is -0.198. The number of hydrogen-bond acceptors (Lipinski definition) is 4. The lowest BCUT2D eigenvalue weighted by Crippen LogP contribution is -2.32. The second kappa shape index (κ2) is 8.96. The highest BCUT2D eigenvalue weighted by molar-refractivity contribution is 5.81. The maximum atomic E-state index is 12.1. The summed E-state index contributed by atoms with van der Waals surface area (Å²) in [6.07, 6.45) is 2.24. The summed E-state index contributed by atoms with van der Waals surface area (Å²) in [6, 6.07) is 7.06. The lowest BCUT2D eigenvalue weighted by molar-refractivity contribution is -0.131. The van der Waals surface area contributed by atoms with Gasteiger partial charge in [-0.2, -0.15) is 5.10 Å². The molecule has 0 bridgehead atoms. The molecule has 0 atom stereocenters. The molecule has 1 aromatic heterocycles. The molecule has 1 heterocycles. The topological polar surface area (TPSA) is 84.3 Å². The van der Waals surface area contributed by atoms with Crippen molar-refractivity contribution in [3.8, 4) is 0 Å². The van der Waals surface area contributed by atoms with E-state index in [1.54, 1.807) is 29.2 Å². The van der Waals surface area contributed by atoms with Gasteiger partial charge in [0, 0.05) is 31.4 Å². The molecule has 0 radical (unpaired) electrons. The van der Waals surface area contributed by atoms with Crippen molar-refractivity contribution in [1.29, 1.82) is 0 Å². The van der Waals surface area contributed by atoms with Crippen LogP contribution in [0.5, 0.6) is 0 Å². The molecule has 0 saturated carbocycles. The quantitative estimate of drug-likeness (QED) is 0.729. The first-order valence-electron chi connectivity index (χ1n) is 8.56. The fourth-order valence-electron chi connectivity index (χ4n) is 2.68. The smallest absolute Gasteiger partial charge is 0.241 e. The summed E-state index contributed by atoms with van der Waals surface area (Å²) in [4.78, 5) is 37.5. The number of rotatable bonds is 8. The largest absolute Gasteiger partial charge is 0.354 e. The van der Waals surface area contributed by atoms with E-state index in [9.17, 15) is 14.4 Å². The molecule has 0 spiro atoms. The SMILES string of the molecule is CCN(CC)C(=O)CCCNC(=O)Cn1ncc(=O)c2ccccc21. The number of carbonyl (C=O) groups is 2. The van der Waals surface area contributed by atoms with Gasteiger partial charge in [-0.1, -0.05) is 12.1 Å². The van der Waals surface area contributed by atoms with E-state index in [4.69, 9.17) is 0 Å². The van der Waals surface area contributed by atoms with Crippen molar-refractivity contribution in [3.05, 3.63) is 40.7 Å². The fraction of sp³-hybridized carbons (Fsp3) is 0.444. The van der Waals surface area contributed by atoms with Gasteiger partial charge in [-0.25, -0.2) is 0 Å². The van der Waals surface area contributed by atoms with E-state index in [0.29, 0.717) is 43.4 Å². The average Bonchev–Trinajstić information content (AvgIpc) is 2.62. The van der Waals surface area contributed by atoms with Crippen molar-refractivity contribution in [2.75, 3.05) is 19.6 Å². The standard InChI is InChI=1S/C18H24N4O3/c1-3-21(4-2)18(25)10-7-11-19-17(24)13-22-15-9-6-5-8-14(15)16(23)12-20-22/h5-6,8-9,12H,3-4,7,10-11,13H2,1-2H3,(H,19,24). The molecule has 7 heteroatoms. The zero-order valence-corrected chi connectivity index (χ0v) is 14.7. The number of hydrogen-bond donors (Lipinski definition) is 1. The molecule has 134 valence electrons. The van der Waals surface area contributed by atoms with E-state index in [0.717, 1.165) is 0 Å². The van der Waals surface area contributed by atoms with Gasteiger partial charge in [0.1, 0.15) is 6.54 Å². The normalized spacial score (nSPS) is 10.6. The third kappa shape index (κ3) is 4.89. The number of para-hydroxylation sites is 1. The van der Waals surface area contributed by atoms with Crippen molar-refractivity contribution < 1.29 is 9.59 Å². The Morgan fingerprint density at radius 2 is 1.92 bits per heavy atom. The molecule has 1 aromatic carbocycles. The molecule has 0 aliphatic heterocycles. The summed E-state index contributed by atoms with van der Waals surface area (Å²) in [7, 11) is 0. The Bertz CT molecular complexity index is 796. The van der Waals surface area contributed by atoms with Gasteiger partial charge < -0.3 is 10.2 Å². The monoisotopic (exact) mass is 344 g/mol. The molecular formula is C18H24N4O3. The van der Waals surface area contributed by atoms with E-state index < -0.39 is 0 Å². The maximum Gasteiger partial charge on any atom is 0.241 e. The van der Waals surface area contributed by atoms with E-state index in [-0.39, 0.29) is 23.8 Å². The molecule has 7 nitrogen and oxygen atoms in total. The van der Waals surface area contributed by atoms with Crippen LogP contribution in [0, 0.1) is 0 Å². The van der Waals surface area contributed by atoms with Gasteiger partial charge in [-0.15, -0.1) is 0 Å². The van der Waals surface area contributed by atoms with E-state index in [1.165, 1.54) is 10.9 Å². The van der Waals surface area contributed by atoms with Crippen LogP contribution in [0.4, 0.5) is 0 Å². The first-order valence-corrected chi connectivity index (χ1v) is 8.56. The van der Waals surface area contributed by atoms with Gasteiger partial charge >= 0.3 is 0 Å². The predicted octanol–water partition coefficient (Wildman–Crippen LogP) is 1.16. The molecule has 1 N–H and O–H groups in total. The zero-order valence-electron chi connectivity index (χ0n) is 14.7. The molecular weight excluding hydrogens is 320 g/mol. The van der Waals surface area contributed by atoms with Gasteiger partial charge in [0.15, 0.2) is 0 Å². The molecule has 0 aliphatic rings. The molecule has 0 fully saturated rings. The predicted molar refractivity (Wildman–Crippen MR) is 96.2 cm³/mol. The van der Waals surface area contributed by atoms with Crippen molar-refractivity contribution >= 4 is 22.7 Å². The minimum absolute atomic E-state index is 0.0325. The van der Waals surface area contributed by atoms with Crippen LogP contribution < -0.4 is 10.7 Å². The van der Waals surface area contributed by atoms with Gasteiger partial charge in [0.25, 0.3) is 0 Å². The molecule has 2 aromatic rings. The van der Waals surface area contributed by atoms with Crippen LogP contribution in [0.2, 0.25) is 0 Å². The summed E-state index contributed by atoms with van der Waals surface area (Å²) in [5.74, 6) is -0.0936. The Morgan fingerprint density at radius 3 is 2.64 bits per heavy atom. The van der Waals surface area contributed by atoms with Crippen LogP contribution in [0.15, 0.2) is 35.3 Å². The lowest BCUT2D eigenvalue weighted by Gasteiger charge is -2.18. The Hall–Kier alpha value is -2.70. The molecule has 0 aliphatic carbocycles. The maximum absolute atomic E-state index is 12.1. The molecule has 0 saturated heterocycles. The fourth-order valence-corrected chi connectivity index (χ4v) is 2.68. The Labute approximate surface area is 146 Å². The number of fused-ring (bicyclic) bond motifs is 1. The third-order valence-electron chi connectivity index (χ3n) is 4.06. The highest BCUT2D eigenvalue weighted by atomic mass is 16.2. The molecule has 2 rings (SSSR count). The van der Waals surface area contributed by atoms with E-state index >= 15 is 0 Å². The highest BCUT2D eigenvalue weighted by Crippen LogP contribution is 2.07. The average molecular weight is 344 g/mol. The van der Waals surface area contributed by atoms with Gasteiger partial charge in [0.05, 0.1) is 11.7 Å². The third-order valence-corrected chi connectivity index (χ3v) is 4.06. The summed E-state index contributed by atoms with van der Waals surface area (Å²) >= 11 is 0. The number of nitrogens with one attached hydrogen (secondary N) is 1. The van der Waals surface area contributed by atoms with Crippen LogP contribution in [-0.2, 0) is 16.1 Å². The van der Waals surface area contributed by atoms with Gasteiger partial charge in [-0.3, -0.25) is 19.1 Å². The van der Waals surface area contributed by atoms with Crippen LogP contribution >= 0.6 is 0 Å². The molecule has 2 amide bonds. The van der Waals surface area contributed by atoms with E-state index in [2.05, 4.69) is 10.4 Å². The molecule has 25 heavy (non-hydrogen) atoms. The zero-order chi connectivity index (χ0) is 18.2. The van der Waals surface area contributed by atoms with Crippen molar-refractivity contribution in [2.24, 2.45) is 0 Å². The van der Waals surface area contributed by atoms with Crippen molar-refractivity contribution in [2.45, 2.75) is 33.2 Å². The number of nitrogens with zero attached hydrogens (tertiary/aromatic N) is 3. The Morgan fingerprint density at radius 1 is 1.20 bits per heavy atom. The first-order chi connectivity index (χ1) is 12.1. The highest BCUT2D eigenvalue weighted by Gasteiger charge is 2.10. The number of benzene rings is 1. The van der Waals surface area contributed by atoms with Crippen molar-refractivity contribution in [3.63, 3.8) is 0 Å². The number of carbonyl (C=O) groups excluding carboxylic acids is 2. The van der Waals surface area contributed by atoms with Crippen LogP contribution in [0.25, 0.3) is 10.9 Å². The minimum Gasteiger partial charge on any atom is -0.354 e. The Kier molecular flexibility index (Phi) is 6.68. The van der Waals surface area contributed by atoms with Gasteiger partial charge in [0.2, 0.25) is 17.2 Å². The first kappa shape index (κ1) is 18.6. The molecule has 0 unspecified atom stereocenters. The van der Waals surface area contributed by atoms with E-state index in [1.807, 2.05) is 13.8 Å². The summed E-state index contributed by atoms with van der Waals surface area (Å²) in [6.45, 7) is 5.77. The lowest BCUT2D eigenvalue weighted by atomic mass is 10.2. The second-order valence-corrected chi connectivity index (χ2v) is 5.70. The Balaban J connectivity index is 1.86. The van der Waals surface area contributed by atoms with Crippen LogP contribution in [0.1, 0.15) is 26.7 Å². The summed E-state index contributed by atoms with van der Waals surface area (Å²) < 4.78 is 1.51. The number of aromatic nitrogens is 2. The van der Waals surface area contributed by atoms with Crippen molar-refractivity contribution in [1.82, 2.24) is 20.0 Å². The van der Waals surface area contributed by atoms with Crippen LogP contribution in [0.3, 0.4) is 0 Å².